The van der Waals surface area contributed by atoms with Crippen LogP contribution in [0, 0.1) is 11.8 Å². The molecule has 1 aliphatic heterocycles. The molecule has 106 valence electrons. The minimum absolute atomic E-state index is 0.0828. The van der Waals surface area contributed by atoms with Crippen molar-refractivity contribution in [2.45, 2.75) is 66.0 Å². The van der Waals surface area contributed by atoms with Gasteiger partial charge in [-0.3, -0.25) is 9.69 Å². The maximum atomic E-state index is 11.7. The lowest BCUT2D eigenvalue weighted by Crippen LogP contribution is -2.46. The summed E-state index contributed by atoms with van der Waals surface area (Å²) in [5, 5.41) is 0. The zero-order valence-corrected chi connectivity index (χ0v) is 12.8. The maximum absolute atomic E-state index is 11.7. The van der Waals surface area contributed by atoms with Crippen LogP contribution in [0.5, 0.6) is 0 Å². The predicted octanol–water partition coefficient (Wildman–Crippen LogP) is 3.08. The van der Waals surface area contributed by atoms with Gasteiger partial charge in [0.15, 0.2) is 0 Å². The highest BCUT2D eigenvalue weighted by Crippen LogP contribution is 2.26. The maximum Gasteiger partial charge on any atom is 0.307 e. The molecule has 1 heterocycles. The van der Waals surface area contributed by atoms with Crippen LogP contribution < -0.4 is 0 Å². The van der Waals surface area contributed by atoms with Gasteiger partial charge in [0.25, 0.3) is 0 Å². The summed E-state index contributed by atoms with van der Waals surface area (Å²) >= 11 is 0. The van der Waals surface area contributed by atoms with Gasteiger partial charge in [0.05, 0.1) is 6.42 Å². The van der Waals surface area contributed by atoms with Gasteiger partial charge in [0, 0.05) is 19.1 Å². The lowest BCUT2D eigenvalue weighted by atomic mass is 9.86. The standard InChI is InChI=1S/C15H29NO2/c1-11-9-12(2)13(3)16(10-11)8-7-14(17)18-15(4,5)6/h11-13H,7-10H2,1-6H3. The van der Waals surface area contributed by atoms with Crippen LogP contribution in [0.3, 0.4) is 0 Å². The summed E-state index contributed by atoms with van der Waals surface area (Å²) in [5.41, 5.74) is -0.370. The van der Waals surface area contributed by atoms with E-state index in [4.69, 9.17) is 4.74 Å². The molecule has 0 N–H and O–H groups in total. The van der Waals surface area contributed by atoms with Crippen molar-refractivity contribution < 1.29 is 9.53 Å². The summed E-state index contributed by atoms with van der Waals surface area (Å²) in [5.74, 6) is 1.36. The Morgan fingerprint density at radius 3 is 2.44 bits per heavy atom. The summed E-state index contributed by atoms with van der Waals surface area (Å²) < 4.78 is 5.35. The molecule has 18 heavy (non-hydrogen) atoms. The molecule has 0 aromatic heterocycles. The minimum Gasteiger partial charge on any atom is -0.460 e. The quantitative estimate of drug-likeness (QED) is 0.726. The topological polar surface area (TPSA) is 29.5 Å². The number of esters is 1. The smallest absolute Gasteiger partial charge is 0.307 e. The minimum atomic E-state index is -0.370. The molecular weight excluding hydrogens is 226 g/mol. The van der Waals surface area contributed by atoms with Crippen molar-refractivity contribution in [3.05, 3.63) is 0 Å². The Kier molecular flexibility index (Phi) is 5.20. The number of hydrogen-bond donors (Lipinski definition) is 0. The van der Waals surface area contributed by atoms with Gasteiger partial charge in [-0.25, -0.2) is 0 Å². The van der Waals surface area contributed by atoms with Crippen molar-refractivity contribution in [3.8, 4) is 0 Å². The van der Waals surface area contributed by atoms with Crippen molar-refractivity contribution in [3.63, 3.8) is 0 Å². The van der Waals surface area contributed by atoms with E-state index >= 15 is 0 Å². The third-order valence-electron chi connectivity index (χ3n) is 3.74. The second-order valence-corrected chi connectivity index (χ2v) is 6.89. The highest BCUT2D eigenvalue weighted by Gasteiger charge is 2.29. The largest absolute Gasteiger partial charge is 0.460 e. The molecule has 1 rings (SSSR count). The van der Waals surface area contributed by atoms with Gasteiger partial charge in [-0.1, -0.05) is 13.8 Å². The second-order valence-electron chi connectivity index (χ2n) is 6.89. The van der Waals surface area contributed by atoms with Gasteiger partial charge < -0.3 is 4.74 Å². The van der Waals surface area contributed by atoms with Gasteiger partial charge in [-0.05, 0) is 46.0 Å². The molecule has 0 radical (unpaired) electrons. The zero-order chi connectivity index (χ0) is 13.9. The zero-order valence-electron chi connectivity index (χ0n) is 12.8. The number of piperidine rings is 1. The van der Waals surface area contributed by atoms with E-state index in [0.717, 1.165) is 19.0 Å². The van der Waals surface area contributed by atoms with Crippen LogP contribution in [0.4, 0.5) is 0 Å². The lowest BCUT2D eigenvalue weighted by molar-refractivity contribution is -0.155. The first-order valence-corrected chi connectivity index (χ1v) is 7.15. The molecule has 0 amide bonds. The third kappa shape index (κ3) is 4.97. The third-order valence-corrected chi connectivity index (χ3v) is 3.74. The highest BCUT2D eigenvalue weighted by molar-refractivity contribution is 5.70. The average molecular weight is 255 g/mol. The van der Waals surface area contributed by atoms with Crippen LogP contribution in [-0.4, -0.2) is 35.6 Å². The van der Waals surface area contributed by atoms with E-state index in [1.165, 1.54) is 6.42 Å². The van der Waals surface area contributed by atoms with E-state index in [1.54, 1.807) is 0 Å². The Hall–Kier alpha value is -0.570. The van der Waals surface area contributed by atoms with Crippen molar-refractivity contribution in [2.24, 2.45) is 11.8 Å². The number of carbonyl (C=O) groups excluding carboxylic acids is 1. The lowest BCUT2D eigenvalue weighted by Gasteiger charge is -2.41. The van der Waals surface area contributed by atoms with E-state index in [0.29, 0.717) is 18.4 Å². The van der Waals surface area contributed by atoms with Gasteiger partial charge in [-0.2, -0.15) is 0 Å². The van der Waals surface area contributed by atoms with Gasteiger partial charge in [0.1, 0.15) is 5.60 Å². The Morgan fingerprint density at radius 1 is 1.28 bits per heavy atom. The molecule has 3 atom stereocenters. The van der Waals surface area contributed by atoms with Crippen LogP contribution in [0.1, 0.15) is 54.4 Å². The van der Waals surface area contributed by atoms with Crippen molar-refractivity contribution in [1.82, 2.24) is 4.90 Å². The molecule has 1 saturated heterocycles. The molecule has 3 heteroatoms. The number of rotatable bonds is 3. The summed E-state index contributed by atoms with van der Waals surface area (Å²) in [6.45, 7) is 14.5. The van der Waals surface area contributed by atoms with E-state index in [9.17, 15) is 4.79 Å². The second kappa shape index (κ2) is 6.05. The van der Waals surface area contributed by atoms with Crippen LogP contribution in [0.15, 0.2) is 0 Å². The summed E-state index contributed by atoms with van der Waals surface area (Å²) in [7, 11) is 0. The van der Waals surface area contributed by atoms with E-state index in [-0.39, 0.29) is 11.6 Å². The molecule has 0 spiro atoms. The van der Waals surface area contributed by atoms with E-state index < -0.39 is 0 Å². The molecule has 3 nitrogen and oxygen atoms in total. The fourth-order valence-electron chi connectivity index (χ4n) is 2.75. The highest BCUT2D eigenvalue weighted by atomic mass is 16.6. The van der Waals surface area contributed by atoms with Crippen molar-refractivity contribution in [2.75, 3.05) is 13.1 Å². The summed E-state index contributed by atoms with van der Waals surface area (Å²) in [6, 6.07) is 0.573. The number of ether oxygens (including phenoxy) is 1. The average Bonchev–Trinajstić information content (AvgIpc) is 2.18. The summed E-state index contributed by atoms with van der Waals surface area (Å²) in [6.07, 6.45) is 1.80. The van der Waals surface area contributed by atoms with Crippen LogP contribution in [0.2, 0.25) is 0 Å². The Labute approximate surface area is 112 Å². The summed E-state index contributed by atoms with van der Waals surface area (Å²) in [4.78, 5) is 14.2. The van der Waals surface area contributed by atoms with Gasteiger partial charge >= 0.3 is 5.97 Å². The first kappa shape index (κ1) is 15.5. The number of carbonyl (C=O) groups is 1. The molecule has 0 aromatic rings. The van der Waals surface area contributed by atoms with Crippen molar-refractivity contribution in [1.29, 1.82) is 0 Å². The van der Waals surface area contributed by atoms with Crippen LogP contribution in [-0.2, 0) is 9.53 Å². The Bertz CT molecular complexity index is 283. The van der Waals surface area contributed by atoms with Gasteiger partial charge in [0.2, 0.25) is 0 Å². The predicted molar refractivity (Wildman–Crippen MR) is 74.4 cm³/mol. The molecule has 0 aromatic carbocycles. The van der Waals surface area contributed by atoms with Crippen molar-refractivity contribution >= 4 is 5.97 Å². The fraction of sp³-hybridized carbons (Fsp3) is 0.933. The number of nitrogens with zero attached hydrogens (tertiary/aromatic N) is 1. The Morgan fingerprint density at radius 2 is 1.89 bits per heavy atom. The molecule has 1 fully saturated rings. The van der Waals surface area contributed by atoms with Gasteiger partial charge in [-0.15, -0.1) is 0 Å². The molecule has 1 aliphatic rings. The first-order valence-electron chi connectivity index (χ1n) is 7.15. The molecule has 0 bridgehead atoms. The Balaban J connectivity index is 2.40. The molecule has 0 aliphatic carbocycles. The molecule has 3 unspecified atom stereocenters. The van der Waals surface area contributed by atoms with E-state index in [1.807, 2.05) is 20.8 Å². The van der Waals surface area contributed by atoms with E-state index in [2.05, 4.69) is 25.7 Å². The first-order chi connectivity index (χ1) is 8.19. The molecular formula is C15H29NO2. The number of likely N-dealkylation sites (tertiary alicyclic amines) is 1. The SMILES string of the molecule is CC1CC(C)C(C)N(CCC(=O)OC(C)(C)C)C1. The normalized spacial score (nSPS) is 30.2. The van der Waals surface area contributed by atoms with Crippen LogP contribution >= 0.6 is 0 Å². The van der Waals surface area contributed by atoms with Crippen LogP contribution in [0.25, 0.3) is 0 Å². The molecule has 0 saturated carbocycles. The monoisotopic (exact) mass is 255 g/mol. The number of hydrogen-bond acceptors (Lipinski definition) is 3. The fourth-order valence-corrected chi connectivity index (χ4v) is 2.75.